The Balaban J connectivity index is 1.98. The van der Waals surface area contributed by atoms with Gasteiger partial charge in [-0.05, 0) is 36.8 Å². The lowest BCUT2D eigenvalue weighted by Gasteiger charge is -2.16. The third kappa shape index (κ3) is 5.19. The first-order valence-corrected chi connectivity index (χ1v) is 12.2. The SMILES string of the molecule is CCc1cccc(CC)c1NC(=O)CSc1nc(C)nc2c1c(=O)n(C)c(=O)n2CC(C)C. The molecule has 8 nitrogen and oxygen atoms in total. The number of hydrogen-bond acceptors (Lipinski definition) is 6. The quantitative estimate of drug-likeness (QED) is 0.401. The molecule has 3 rings (SSSR count). The maximum Gasteiger partial charge on any atom is 0.332 e. The number of hydrogen-bond donors (Lipinski definition) is 1. The summed E-state index contributed by atoms with van der Waals surface area (Å²) in [6.07, 6.45) is 1.63. The lowest BCUT2D eigenvalue weighted by Crippen LogP contribution is -2.39. The predicted octanol–water partition coefficient (Wildman–Crippen LogP) is 3.31. The monoisotopic (exact) mass is 469 g/mol. The lowest BCUT2D eigenvalue weighted by molar-refractivity contribution is -0.113. The van der Waals surface area contributed by atoms with Crippen LogP contribution < -0.4 is 16.6 Å². The number of nitrogens with one attached hydrogen (secondary N) is 1. The summed E-state index contributed by atoms with van der Waals surface area (Å²) in [5.41, 5.74) is 2.49. The van der Waals surface area contributed by atoms with Gasteiger partial charge in [0.15, 0.2) is 5.65 Å². The molecule has 0 spiro atoms. The van der Waals surface area contributed by atoms with Crippen LogP contribution in [0.3, 0.4) is 0 Å². The topological polar surface area (TPSA) is 98.9 Å². The van der Waals surface area contributed by atoms with Crippen LogP contribution in [0.2, 0.25) is 0 Å². The molecule has 0 fully saturated rings. The van der Waals surface area contributed by atoms with Crippen molar-refractivity contribution in [1.82, 2.24) is 19.1 Å². The zero-order valence-electron chi connectivity index (χ0n) is 20.1. The number of nitrogens with zero attached hydrogens (tertiary/aromatic N) is 4. The van der Waals surface area contributed by atoms with Crippen molar-refractivity contribution in [1.29, 1.82) is 0 Å². The second-order valence-corrected chi connectivity index (χ2v) is 9.39. The number of fused-ring (bicyclic) bond motifs is 1. The molecule has 0 atom stereocenters. The summed E-state index contributed by atoms with van der Waals surface area (Å²) in [6.45, 7) is 10.3. The van der Waals surface area contributed by atoms with E-state index in [2.05, 4.69) is 29.1 Å². The van der Waals surface area contributed by atoms with E-state index in [1.165, 1.54) is 23.4 Å². The van der Waals surface area contributed by atoms with E-state index in [0.29, 0.717) is 23.0 Å². The Labute approximate surface area is 197 Å². The lowest BCUT2D eigenvalue weighted by atomic mass is 10.0. The van der Waals surface area contributed by atoms with Crippen LogP contribution in [-0.2, 0) is 31.2 Å². The first-order valence-electron chi connectivity index (χ1n) is 11.2. The molecule has 1 N–H and O–H groups in total. The highest BCUT2D eigenvalue weighted by molar-refractivity contribution is 8.00. The molecule has 0 aliphatic heterocycles. The van der Waals surface area contributed by atoms with E-state index in [0.717, 1.165) is 34.2 Å². The molecule has 0 bridgehead atoms. The van der Waals surface area contributed by atoms with Crippen LogP contribution in [0.1, 0.15) is 44.6 Å². The van der Waals surface area contributed by atoms with Gasteiger partial charge in [-0.1, -0.05) is 57.7 Å². The summed E-state index contributed by atoms with van der Waals surface area (Å²) in [5, 5.41) is 3.72. The zero-order chi connectivity index (χ0) is 24.3. The highest BCUT2D eigenvalue weighted by atomic mass is 32.2. The van der Waals surface area contributed by atoms with Crippen LogP contribution in [0.15, 0.2) is 32.8 Å². The van der Waals surface area contributed by atoms with Gasteiger partial charge in [0.05, 0.1) is 5.75 Å². The van der Waals surface area contributed by atoms with E-state index in [9.17, 15) is 14.4 Å². The van der Waals surface area contributed by atoms with Crippen molar-refractivity contribution in [2.75, 3.05) is 11.1 Å². The third-order valence-corrected chi connectivity index (χ3v) is 6.39. The molecule has 0 saturated carbocycles. The van der Waals surface area contributed by atoms with E-state index < -0.39 is 11.2 Å². The molecular formula is C24H31N5O3S. The number of benzene rings is 1. The Morgan fingerprint density at radius 1 is 1.12 bits per heavy atom. The zero-order valence-corrected chi connectivity index (χ0v) is 20.9. The van der Waals surface area contributed by atoms with Crippen molar-refractivity contribution in [3.63, 3.8) is 0 Å². The van der Waals surface area contributed by atoms with Crippen LogP contribution in [-0.4, -0.2) is 30.8 Å². The molecule has 0 aliphatic carbocycles. The largest absolute Gasteiger partial charge is 0.332 e. The Bertz CT molecular complexity index is 1290. The fourth-order valence-corrected chi connectivity index (χ4v) is 4.65. The number of anilines is 1. The number of thioether (sulfide) groups is 1. The van der Waals surface area contributed by atoms with Crippen molar-refractivity contribution in [2.45, 2.75) is 59.0 Å². The molecule has 33 heavy (non-hydrogen) atoms. The van der Waals surface area contributed by atoms with Gasteiger partial charge >= 0.3 is 5.69 Å². The number of aromatic nitrogens is 4. The van der Waals surface area contributed by atoms with Gasteiger partial charge in [0.2, 0.25) is 5.91 Å². The van der Waals surface area contributed by atoms with Crippen LogP contribution >= 0.6 is 11.8 Å². The van der Waals surface area contributed by atoms with Crippen molar-refractivity contribution in [3.8, 4) is 0 Å². The summed E-state index contributed by atoms with van der Waals surface area (Å²) < 4.78 is 2.60. The maximum absolute atomic E-state index is 13.0. The Kier molecular flexibility index (Phi) is 7.73. The summed E-state index contributed by atoms with van der Waals surface area (Å²) in [4.78, 5) is 47.4. The van der Waals surface area contributed by atoms with E-state index >= 15 is 0 Å². The molecule has 0 saturated heterocycles. The Morgan fingerprint density at radius 3 is 2.33 bits per heavy atom. The number of carbonyl (C=O) groups excluding carboxylic acids is 1. The first-order chi connectivity index (χ1) is 15.7. The van der Waals surface area contributed by atoms with Gasteiger partial charge in [-0.25, -0.2) is 14.8 Å². The number of aryl methyl sites for hydroxylation is 3. The van der Waals surface area contributed by atoms with Gasteiger partial charge in [-0.2, -0.15) is 0 Å². The normalized spacial score (nSPS) is 11.4. The van der Waals surface area contributed by atoms with Crippen molar-refractivity contribution >= 4 is 34.4 Å². The second kappa shape index (κ2) is 10.3. The molecule has 1 amide bonds. The summed E-state index contributed by atoms with van der Waals surface area (Å²) in [6, 6.07) is 6.03. The summed E-state index contributed by atoms with van der Waals surface area (Å²) in [7, 11) is 1.45. The molecule has 0 aliphatic rings. The third-order valence-electron chi connectivity index (χ3n) is 5.41. The fourth-order valence-electron chi connectivity index (χ4n) is 3.79. The van der Waals surface area contributed by atoms with Crippen molar-refractivity contribution in [3.05, 3.63) is 56.0 Å². The van der Waals surface area contributed by atoms with Gasteiger partial charge in [0, 0.05) is 19.3 Å². The number of rotatable bonds is 8. The smallest absolute Gasteiger partial charge is 0.325 e. The predicted molar refractivity (Wildman–Crippen MR) is 133 cm³/mol. The van der Waals surface area contributed by atoms with Gasteiger partial charge in [0.1, 0.15) is 16.2 Å². The molecule has 176 valence electrons. The second-order valence-electron chi connectivity index (χ2n) is 8.42. The Morgan fingerprint density at radius 2 is 1.76 bits per heavy atom. The fraction of sp³-hybridized carbons (Fsp3) is 0.458. The van der Waals surface area contributed by atoms with E-state index in [1.54, 1.807) is 6.92 Å². The number of carbonyl (C=O) groups is 1. The van der Waals surface area contributed by atoms with E-state index in [1.807, 2.05) is 32.0 Å². The molecule has 2 aromatic heterocycles. The number of para-hydroxylation sites is 1. The molecule has 1 aromatic carbocycles. The minimum atomic E-state index is -0.456. The molecular weight excluding hydrogens is 438 g/mol. The molecule has 3 aromatic rings. The van der Waals surface area contributed by atoms with Gasteiger partial charge < -0.3 is 5.32 Å². The number of amides is 1. The standard InChI is InChI=1S/C24H31N5O3S/c1-7-16-10-9-11-17(8-2)20(16)27-18(30)13-33-22-19-21(25-15(5)26-22)29(12-14(3)4)24(32)28(6)23(19)31/h9-11,14H,7-8,12-13H2,1-6H3,(H,27,30). The summed E-state index contributed by atoms with van der Waals surface area (Å²) >= 11 is 1.18. The van der Waals surface area contributed by atoms with E-state index in [4.69, 9.17) is 0 Å². The van der Waals surface area contributed by atoms with Gasteiger partial charge in [0.25, 0.3) is 5.56 Å². The first kappa shape index (κ1) is 24.7. The molecule has 9 heteroatoms. The van der Waals surface area contributed by atoms with E-state index in [-0.39, 0.29) is 23.0 Å². The molecule has 0 radical (unpaired) electrons. The van der Waals surface area contributed by atoms with Crippen LogP contribution in [0.25, 0.3) is 11.0 Å². The summed E-state index contributed by atoms with van der Waals surface area (Å²) in [5.74, 6) is 0.540. The minimum Gasteiger partial charge on any atom is -0.325 e. The van der Waals surface area contributed by atoms with Crippen LogP contribution in [0.5, 0.6) is 0 Å². The molecule has 2 heterocycles. The van der Waals surface area contributed by atoms with Crippen LogP contribution in [0, 0.1) is 12.8 Å². The maximum atomic E-state index is 13.0. The van der Waals surface area contributed by atoms with Crippen LogP contribution in [0.4, 0.5) is 5.69 Å². The highest BCUT2D eigenvalue weighted by Gasteiger charge is 2.20. The van der Waals surface area contributed by atoms with Crippen molar-refractivity contribution < 1.29 is 4.79 Å². The Hall–Kier alpha value is -2.94. The van der Waals surface area contributed by atoms with Gasteiger partial charge in [-0.3, -0.25) is 18.7 Å². The minimum absolute atomic E-state index is 0.0826. The average molecular weight is 470 g/mol. The average Bonchev–Trinajstić information content (AvgIpc) is 2.78. The molecule has 0 unspecified atom stereocenters. The highest BCUT2D eigenvalue weighted by Crippen LogP contribution is 2.25. The van der Waals surface area contributed by atoms with Gasteiger partial charge in [-0.15, -0.1) is 0 Å². The van der Waals surface area contributed by atoms with Crippen molar-refractivity contribution in [2.24, 2.45) is 13.0 Å².